The van der Waals surface area contributed by atoms with Gasteiger partial charge in [-0.3, -0.25) is 0 Å². The molecule has 10 aromatic rings. The summed E-state index contributed by atoms with van der Waals surface area (Å²) in [7, 11) is 0. The summed E-state index contributed by atoms with van der Waals surface area (Å²) in [4.78, 5) is 2.33. The third-order valence-corrected chi connectivity index (χ3v) is 9.80. The third kappa shape index (κ3) is 4.13. The molecule has 2 heteroatoms. The van der Waals surface area contributed by atoms with E-state index in [-0.39, 0.29) is 0 Å². The van der Waals surface area contributed by atoms with Crippen LogP contribution in [0.3, 0.4) is 0 Å². The molecule has 0 unspecified atom stereocenters. The summed E-state index contributed by atoms with van der Waals surface area (Å²) in [5.41, 5.74) is 7.60. The predicted molar refractivity (Wildman–Crippen MR) is 204 cm³/mol. The van der Waals surface area contributed by atoms with E-state index in [0.29, 0.717) is 0 Å². The molecule has 10 rings (SSSR count). The zero-order chi connectivity index (χ0) is 31.6. The van der Waals surface area contributed by atoms with Gasteiger partial charge in [-0.25, -0.2) is 0 Å². The Bertz CT molecular complexity index is 2830. The van der Waals surface area contributed by atoms with Crippen molar-refractivity contribution < 1.29 is 4.42 Å². The first-order chi connectivity index (χ1) is 23.8. The van der Waals surface area contributed by atoms with E-state index in [4.69, 9.17) is 4.42 Å². The van der Waals surface area contributed by atoms with E-state index < -0.39 is 0 Å². The minimum atomic E-state index is 0.919. The van der Waals surface area contributed by atoms with Gasteiger partial charge < -0.3 is 9.32 Å². The fourth-order valence-corrected chi connectivity index (χ4v) is 7.57. The highest BCUT2D eigenvalue weighted by Gasteiger charge is 2.17. The summed E-state index contributed by atoms with van der Waals surface area (Å²) < 4.78 is 6.36. The van der Waals surface area contributed by atoms with Gasteiger partial charge in [-0.2, -0.15) is 0 Å². The van der Waals surface area contributed by atoms with Crippen LogP contribution in [-0.4, -0.2) is 0 Å². The molecule has 0 saturated carbocycles. The van der Waals surface area contributed by atoms with E-state index in [0.717, 1.165) is 49.8 Å². The smallest absolute Gasteiger partial charge is 0.143 e. The van der Waals surface area contributed by atoms with Crippen molar-refractivity contribution in [2.45, 2.75) is 0 Å². The molecule has 0 fully saturated rings. The minimum Gasteiger partial charge on any atom is -0.455 e. The van der Waals surface area contributed by atoms with E-state index in [1.807, 2.05) is 12.1 Å². The van der Waals surface area contributed by atoms with Gasteiger partial charge in [0.05, 0.1) is 0 Å². The Kier molecular flexibility index (Phi) is 5.91. The molecule has 0 spiro atoms. The number of furan rings is 1. The van der Waals surface area contributed by atoms with E-state index in [9.17, 15) is 0 Å². The molecule has 0 aliphatic carbocycles. The van der Waals surface area contributed by atoms with Gasteiger partial charge in [0.2, 0.25) is 0 Å². The number of hydrogen-bond acceptors (Lipinski definition) is 2. The Morgan fingerprint density at radius 2 is 0.979 bits per heavy atom. The molecular weight excluding hydrogens is 583 g/mol. The summed E-state index contributed by atoms with van der Waals surface area (Å²) in [5.74, 6) is 0. The fourth-order valence-electron chi connectivity index (χ4n) is 7.57. The lowest BCUT2D eigenvalue weighted by Gasteiger charge is -2.26. The molecule has 0 amide bonds. The summed E-state index contributed by atoms with van der Waals surface area (Å²) in [6, 6.07) is 63.3. The molecule has 0 N–H and O–H groups in total. The Hall–Kier alpha value is -6.38. The number of benzene rings is 9. The monoisotopic (exact) mass is 611 g/mol. The molecule has 0 atom stereocenters. The highest BCUT2D eigenvalue weighted by atomic mass is 16.3. The maximum atomic E-state index is 6.36. The van der Waals surface area contributed by atoms with E-state index >= 15 is 0 Å². The number of para-hydroxylation sites is 2. The number of hydrogen-bond donors (Lipinski definition) is 0. The summed E-state index contributed by atoms with van der Waals surface area (Å²) >= 11 is 0. The zero-order valence-electron chi connectivity index (χ0n) is 26.1. The first-order valence-corrected chi connectivity index (χ1v) is 16.4. The summed E-state index contributed by atoms with van der Waals surface area (Å²) in [6.07, 6.45) is 0. The van der Waals surface area contributed by atoms with Crippen LogP contribution in [0.1, 0.15) is 0 Å². The molecule has 9 aromatic carbocycles. The average molecular weight is 612 g/mol. The second kappa shape index (κ2) is 10.6. The largest absolute Gasteiger partial charge is 0.455 e. The molecule has 48 heavy (non-hydrogen) atoms. The first kappa shape index (κ1) is 26.8. The van der Waals surface area contributed by atoms with Crippen LogP contribution in [0.5, 0.6) is 0 Å². The molecule has 0 aliphatic rings. The van der Waals surface area contributed by atoms with Crippen LogP contribution in [0.15, 0.2) is 180 Å². The summed E-state index contributed by atoms with van der Waals surface area (Å²) in [6.45, 7) is 0. The maximum absolute atomic E-state index is 6.36. The Balaban J connectivity index is 1.11. The second-order valence-electron chi connectivity index (χ2n) is 12.5. The lowest BCUT2D eigenvalue weighted by Crippen LogP contribution is -2.09. The van der Waals surface area contributed by atoms with Gasteiger partial charge in [0.25, 0.3) is 0 Å². The van der Waals surface area contributed by atoms with E-state index in [2.05, 4.69) is 169 Å². The third-order valence-electron chi connectivity index (χ3n) is 9.80. The highest BCUT2D eigenvalue weighted by Crippen LogP contribution is 2.42. The number of rotatable bonds is 4. The minimum absolute atomic E-state index is 0.919. The number of anilines is 3. The van der Waals surface area contributed by atoms with Crippen molar-refractivity contribution in [2.24, 2.45) is 0 Å². The van der Waals surface area contributed by atoms with Gasteiger partial charge in [0.15, 0.2) is 0 Å². The molecule has 224 valence electrons. The van der Waals surface area contributed by atoms with Crippen molar-refractivity contribution in [2.75, 3.05) is 4.90 Å². The van der Waals surface area contributed by atoms with Crippen LogP contribution in [0.2, 0.25) is 0 Å². The Morgan fingerprint density at radius 1 is 0.354 bits per heavy atom. The Labute approximate surface area is 277 Å². The zero-order valence-corrected chi connectivity index (χ0v) is 26.1. The van der Waals surface area contributed by atoms with E-state index in [1.165, 1.54) is 43.4 Å². The molecule has 0 saturated heterocycles. The van der Waals surface area contributed by atoms with Crippen LogP contribution in [0.4, 0.5) is 17.1 Å². The van der Waals surface area contributed by atoms with E-state index in [1.54, 1.807) is 0 Å². The van der Waals surface area contributed by atoms with Crippen molar-refractivity contribution in [3.8, 4) is 11.1 Å². The highest BCUT2D eigenvalue weighted by molar-refractivity contribution is 6.23. The lowest BCUT2D eigenvalue weighted by atomic mass is 9.91. The van der Waals surface area contributed by atoms with Gasteiger partial charge in [0, 0.05) is 33.2 Å². The van der Waals surface area contributed by atoms with Crippen molar-refractivity contribution in [3.63, 3.8) is 0 Å². The van der Waals surface area contributed by atoms with Gasteiger partial charge >= 0.3 is 0 Å². The van der Waals surface area contributed by atoms with Crippen molar-refractivity contribution in [3.05, 3.63) is 176 Å². The normalized spacial score (nSPS) is 11.8. The molecular formula is C46H29NO. The number of fused-ring (bicyclic) bond motifs is 10. The molecule has 0 bridgehead atoms. The lowest BCUT2D eigenvalue weighted by molar-refractivity contribution is 0.672. The maximum Gasteiger partial charge on any atom is 0.143 e. The predicted octanol–water partition coefficient (Wildman–Crippen LogP) is 13.3. The molecule has 2 nitrogen and oxygen atoms in total. The summed E-state index contributed by atoms with van der Waals surface area (Å²) in [5, 5.41) is 12.2. The number of nitrogens with zero attached hydrogens (tertiary/aromatic N) is 1. The molecule has 1 aromatic heterocycles. The van der Waals surface area contributed by atoms with Gasteiger partial charge in [-0.05, 0) is 109 Å². The molecule has 0 radical (unpaired) electrons. The standard InChI is InChI=1S/C46H29NO/c1-2-11-34(12-3-1)47(36-25-27-38-32(28-36)22-26-42-40-15-8-9-17-44(40)48-46(38)42)35-23-20-31(21-24-35)43-29-33-19-18-30-10-4-5-13-37(30)45(33)41-16-7-6-14-39(41)43/h1-29H. The molecule has 0 aliphatic heterocycles. The van der Waals surface area contributed by atoms with Crippen LogP contribution in [0, 0.1) is 0 Å². The van der Waals surface area contributed by atoms with Gasteiger partial charge in [0.1, 0.15) is 11.2 Å². The van der Waals surface area contributed by atoms with Crippen LogP contribution >= 0.6 is 0 Å². The van der Waals surface area contributed by atoms with Crippen LogP contribution < -0.4 is 4.90 Å². The SMILES string of the molecule is c1ccc(N(c2ccc(-c3cc4ccc5ccccc5c4c4ccccc34)cc2)c2ccc3c(ccc4c5ccccc5oc34)c2)cc1. The van der Waals surface area contributed by atoms with Gasteiger partial charge in [-0.15, -0.1) is 0 Å². The Morgan fingerprint density at radius 3 is 1.83 bits per heavy atom. The quantitative estimate of drug-likeness (QED) is 0.184. The van der Waals surface area contributed by atoms with Crippen LogP contribution in [0.25, 0.3) is 76.2 Å². The van der Waals surface area contributed by atoms with Crippen molar-refractivity contribution in [1.82, 2.24) is 0 Å². The average Bonchev–Trinajstić information content (AvgIpc) is 3.54. The van der Waals surface area contributed by atoms with Gasteiger partial charge in [-0.1, -0.05) is 115 Å². The van der Waals surface area contributed by atoms with Crippen molar-refractivity contribution >= 4 is 82.1 Å². The second-order valence-corrected chi connectivity index (χ2v) is 12.5. The molecule has 1 heterocycles. The van der Waals surface area contributed by atoms with Crippen LogP contribution in [-0.2, 0) is 0 Å². The topological polar surface area (TPSA) is 16.4 Å². The van der Waals surface area contributed by atoms with Crippen molar-refractivity contribution in [1.29, 1.82) is 0 Å². The fraction of sp³-hybridized carbons (Fsp3) is 0. The first-order valence-electron chi connectivity index (χ1n) is 16.4.